The molecule has 0 amide bonds. The van der Waals surface area contributed by atoms with Crippen molar-refractivity contribution in [2.24, 2.45) is 0 Å². The minimum atomic E-state index is 0.646. The second-order valence-corrected chi connectivity index (χ2v) is 11.7. The molecule has 0 fully saturated rings. The highest BCUT2D eigenvalue weighted by molar-refractivity contribution is 6.19. The van der Waals surface area contributed by atoms with E-state index >= 15 is 0 Å². The fourth-order valence-electron chi connectivity index (χ4n) is 6.58. The zero-order valence-corrected chi connectivity index (χ0v) is 25.5. The molecule has 0 radical (unpaired) electrons. The van der Waals surface area contributed by atoms with Crippen LogP contribution in [-0.4, -0.2) is 19.5 Å². The van der Waals surface area contributed by atoms with Gasteiger partial charge in [0.2, 0.25) is 0 Å². The standard InChI is InChI=1S/C43H28N4/c1-4-14-30(15-5-1)41-44-42(31-16-6-2-7-17-31)46-43(45-41)34-19-12-18-32(27-34)33-24-26-39-38(28-33)37-25-23-29-13-10-11-22-36(29)40(37)47(39)35-20-8-3-9-21-35/h1-28H. The maximum absolute atomic E-state index is 4.97. The number of fused-ring (bicyclic) bond motifs is 5. The van der Waals surface area contributed by atoms with Gasteiger partial charge >= 0.3 is 0 Å². The van der Waals surface area contributed by atoms with Gasteiger partial charge in [0.25, 0.3) is 0 Å². The van der Waals surface area contributed by atoms with Gasteiger partial charge in [0.15, 0.2) is 17.5 Å². The second kappa shape index (κ2) is 11.2. The summed E-state index contributed by atoms with van der Waals surface area (Å²) >= 11 is 0. The van der Waals surface area contributed by atoms with Crippen molar-refractivity contribution in [1.29, 1.82) is 0 Å². The number of aromatic nitrogens is 4. The summed E-state index contributed by atoms with van der Waals surface area (Å²) in [5.41, 5.74) is 8.65. The van der Waals surface area contributed by atoms with Crippen LogP contribution in [0.2, 0.25) is 0 Å². The number of benzene rings is 7. The molecule has 2 heterocycles. The van der Waals surface area contributed by atoms with E-state index in [0.717, 1.165) is 33.5 Å². The van der Waals surface area contributed by atoms with Gasteiger partial charge < -0.3 is 4.57 Å². The first kappa shape index (κ1) is 27.0. The lowest BCUT2D eigenvalue weighted by molar-refractivity contribution is 1.07. The Morgan fingerprint density at radius 1 is 0.340 bits per heavy atom. The monoisotopic (exact) mass is 600 g/mol. The first-order valence-electron chi connectivity index (χ1n) is 15.8. The zero-order chi connectivity index (χ0) is 31.2. The molecule has 4 heteroatoms. The molecule has 0 N–H and O–H groups in total. The third kappa shape index (κ3) is 4.75. The molecule has 0 spiro atoms. The first-order chi connectivity index (χ1) is 23.3. The highest BCUT2D eigenvalue weighted by Crippen LogP contribution is 2.39. The molecule has 2 aromatic heterocycles. The van der Waals surface area contributed by atoms with E-state index in [0.29, 0.717) is 17.5 Å². The summed E-state index contributed by atoms with van der Waals surface area (Å²) in [6.07, 6.45) is 0. The first-order valence-corrected chi connectivity index (χ1v) is 15.8. The largest absolute Gasteiger partial charge is 0.309 e. The Bertz CT molecular complexity index is 2500. The minimum absolute atomic E-state index is 0.646. The zero-order valence-electron chi connectivity index (χ0n) is 25.5. The van der Waals surface area contributed by atoms with Crippen LogP contribution in [0.4, 0.5) is 0 Å². The van der Waals surface area contributed by atoms with Gasteiger partial charge in [-0.05, 0) is 46.8 Å². The minimum Gasteiger partial charge on any atom is -0.309 e. The van der Waals surface area contributed by atoms with Crippen molar-refractivity contribution < 1.29 is 0 Å². The van der Waals surface area contributed by atoms with Crippen LogP contribution >= 0.6 is 0 Å². The molecule has 4 nitrogen and oxygen atoms in total. The number of para-hydroxylation sites is 1. The highest BCUT2D eigenvalue weighted by Gasteiger charge is 2.17. The van der Waals surface area contributed by atoms with Crippen LogP contribution in [-0.2, 0) is 0 Å². The topological polar surface area (TPSA) is 43.6 Å². The summed E-state index contributed by atoms with van der Waals surface area (Å²) in [6.45, 7) is 0. The van der Waals surface area contributed by atoms with Crippen LogP contribution in [0.1, 0.15) is 0 Å². The van der Waals surface area contributed by atoms with Crippen molar-refractivity contribution in [2.45, 2.75) is 0 Å². The molecule has 0 unspecified atom stereocenters. The van der Waals surface area contributed by atoms with Crippen molar-refractivity contribution >= 4 is 32.6 Å². The van der Waals surface area contributed by atoms with Crippen molar-refractivity contribution in [3.05, 3.63) is 170 Å². The van der Waals surface area contributed by atoms with Crippen molar-refractivity contribution in [3.8, 4) is 51.0 Å². The van der Waals surface area contributed by atoms with E-state index in [1.807, 2.05) is 60.7 Å². The molecule has 0 aliphatic carbocycles. The molecule has 9 aromatic rings. The van der Waals surface area contributed by atoms with E-state index in [-0.39, 0.29) is 0 Å². The Labute approximate surface area is 272 Å². The van der Waals surface area contributed by atoms with Crippen LogP contribution in [0.15, 0.2) is 170 Å². The van der Waals surface area contributed by atoms with E-state index < -0.39 is 0 Å². The lowest BCUT2D eigenvalue weighted by Crippen LogP contribution is -2.00. The predicted molar refractivity (Wildman–Crippen MR) is 193 cm³/mol. The summed E-state index contributed by atoms with van der Waals surface area (Å²) in [5.74, 6) is 1.96. The van der Waals surface area contributed by atoms with E-state index in [2.05, 4.69) is 114 Å². The number of rotatable bonds is 5. The van der Waals surface area contributed by atoms with E-state index in [4.69, 9.17) is 15.0 Å². The van der Waals surface area contributed by atoms with Gasteiger partial charge in [-0.25, -0.2) is 15.0 Å². The summed E-state index contributed by atoms with van der Waals surface area (Å²) in [7, 11) is 0. The van der Waals surface area contributed by atoms with Gasteiger partial charge in [-0.1, -0.05) is 140 Å². The Balaban J connectivity index is 1.22. The molecule has 0 saturated carbocycles. The molecule has 0 atom stereocenters. The van der Waals surface area contributed by atoms with Crippen LogP contribution in [0, 0.1) is 0 Å². The third-order valence-corrected chi connectivity index (χ3v) is 8.82. The SMILES string of the molecule is c1ccc(-c2nc(-c3ccccc3)nc(-c3cccc(-c4ccc5c(c4)c4ccc6ccccc6c4n5-c4ccccc4)c3)n2)cc1. The highest BCUT2D eigenvalue weighted by atomic mass is 15.0. The van der Waals surface area contributed by atoms with E-state index in [1.54, 1.807) is 0 Å². The van der Waals surface area contributed by atoms with Crippen molar-refractivity contribution in [3.63, 3.8) is 0 Å². The molecule has 0 aliphatic rings. The fraction of sp³-hybridized carbons (Fsp3) is 0. The smallest absolute Gasteiger partial charge is 0.164 e. The molecule has 220 valence electrons. The average molecular weight is 601 g/mol. The van der Waals surface area contributed by atoms with Crippen LogP contribution in [0.3, 0.4) is 0 Å². The second-order valence-electron chi connectivity index (χ2n) is 11.7. The fourth-order valence-corrected chi connectivity index (χ4v) is 6.58. The Morgan fingerprint density at radius 3 is 1.60 bits per heavy atom. The normalized spacial score (nSPS) is 11.4. The van der Waals surface area contributed by atoms with Crippen LogP contribution < -0.4 is 0 Å². The lowest BCUT2D eigenvalue weighted by Gasteiger charge is -2.10. The summed E-state index contributed by atoms with van der Waals surface area (Å²) in [5, 5.41) is 4.93. The average Bonchev–Trinajstić information content (AvgIpc) is 3.50. The van der Waals surface area contributed by atoms with E-state index in [1.165, 1.54) is 32.6 Å². The van der Waals surface area contributed by atoms with Crippen molar-refractivity contribution in [2.75, 3.05) is 0 Å². The van der Waals surface area contributed by atoms with Gasteiger partial charge in [-0.3, -0.25) is 0 Å². The number of hydrogen-bond acceptors (Lipinski definition) is 3. The molecule has 0 bridgehead atoms. The molecule has 9 rings (SSSR count). The number of nitrogens with zero attached hydrogens (tertiary/aromatic N) is 4. The molecular formula is C43H28N4. The molecule has 7 aromatic carbocycles. The predicted octanol–water partition coefficient (Wildman–Crippen LogP) is 10.8. The van der Waals surface area contributed by atoms with Gasteiger partial charge in [0.1, 0.15) is 0 Å². The van der Waals surface area contributed by atoms with E-state index in [9.17, 15) is 0 Å². The molecule has 0 aliphatic heterocycles. The Morgan fingerprint density at radius 2 is 0.894 bits per heavy atom. The summed E-state index contributed by atoms with van der Waals surface area (Å²) in [4.78, 5) is 14.8. The molecular weight excluding hydrogens is 573 g/mol. The maximum atomic E-state index is 4.97. The maximum Gasteiger partial charge on any atom is 0.164 e. The van der Waals surface area contributed by atoms with Gasteiger partial charge in [0, 0.05) is 38.5 Å². The van der Waals surface area contributed by atoms with Gasteiger partial charge in [0.05, 0.1) is 11.0 Å². The summed E-state index contributed by atoms with van der Waals surface area (Å²) in [6, 6.07) is 59.3. The Kier molecular flexibility index (Phi) is 6.43. The number of hydrogen-bond donors (Lipinski definition) is 0. The van der Waals surface area contributed by atoms with Crippen LogP contribution in [0.25, 0.3) is 83.6 Å². The van der Waals surface area contributed by atoms with Gasteiger partial charge in [-0.15, -0.1) is 0 Å². The quantitative estimate of drug-likeness (QED) is 0.197. The molecule has 47 heavy (non-hydrogen) atoms. The van der Waals surface area contributed by atoms with Crippen molar-refractivity contribution in [1.82, 2.24) is 19.5 Å². The van der Waals surface area contributed by atoms with Crippen LogP contribution in [0.5, 0.6) is 0 Å². The Hall–Kier alpha value is -6.39. The van der Waals surface area contributed by atoms with Gasteiger partial charge in [-0.2, -0.15) is 0 Å². The third-order valence-electron chi connectivity index (χ3n) is 8.82. The molecule has 0 saturated heterocycles. The lowest BCUT2D eigenvalue weighted by atomic mass is 10.00. The summed E-state index contributed by atoms with van der Waals surface area (Å²) < 4.78 is 2.40.